The number of H-pyrrole nitrogens is 1. The molecule has 108 valence electrons. The van der Waals surface area contributed by atoms with Gasteiger partial charge in [0, 0.05) is 7.05 Å². The van der Waals surface area contributed by atoms with Crippen LogP contribution in [0.15, 0.2) is 11.1 Å². The van der Waals surface area contributed by atoms with Crippen molar-refractivity contribution < 1.29 is 0 Å². The van der Waals surface area contributed by atoms with Gasteiger partial charge in [-0.3, -0.25) is 4.79 Å². The maximum atomic E-state index is 12.1. The quantitative estimate of drug-likeness (QED) is 0.826. The number of aromatic nitrogens is 4. The Hall–Kier alpha value is -1.69. The van der Waals surface area contributed by atoms with E-state index in [9.17, 15) is 4.79 Å². The number of nitrogens with two attached hydrogens (primary N) is 1. The lowest BCUT2D eigenvalue weighted by molar-refractivity contribution is 0.308. The molecule has 0 aromatic carbocycles. The third-order valence-corrected chi connectivity index (χ3v) is 4.29. The number of hydrogen-bond donors (Lipinski definition) is 2. The predicted molar refractivity (Wildman–Crippen MR) is 77.3 cm³/mol. The number of aromatic amines is 1. The van der Waals surface area contributed by atoms with Gasteiger partial charge in [-0.05, 0) is 12.8 Å². The molecule has 0 amide bonds. The van der Waals surface area contributed by atoms with Crippen molar-refractivity contribution in [2.75, 3.05) is 0 Å². The minimum Gasteiger partial charge on any atom is -0.319 e. The van der Waals surface area contributed by atoms with Crippen molar-refractivity contribution in [2.45, 2.75) is 50.5 Å². The number of imidazole rings is 1. The van der Waals surface area contributed by atoms with Gasteiger partial charge in [0.2, 0.25) is 0 Å². The van der Waals surface area contributed by atoms with Gasteiger partial charge in [-0.1, -0.05) is 32.1 Å². The van der Waals surface area contributed by atoms with E-state index < -0.39 is 5.54 Å². The summed E-state index contributed by atoms with van der Waals surface area (Å²) < 4.78 is 1.76. The highest BCUT2D eigenvalue weighted by Gasteiger charge is 2.31. The normalized spacial score (nSPS) is 19.7. The summed E-state index contributed by atoms with van der Waals surface area (Å²) in [5, 5.41) is 0. The standard InChI is InChI=1S/C14H21N5O/c1-19-9-16-10-11(19)17-13(18-12(10)20)14(15)7-5-3-2-4-6-8-14/h9H,2-8,15H2,1H3,(H,17,18,20). The highest BCUT2D eigenvalue weighted by molar-refractivity contribution is 5.69. The van der Waals surface area contributed by atoms with Crippen LogP contribution in [-0.4, -0.2) is 19.5 Å². The summed E-state index contributed by atoms with van der Waals surface area (Å²) in [6.45, 7) is 0. The summed E-state index contributed by atoms with van der Waals surface area (Å²) in [4.78, 5) is 23.6. The van der Waals surface area contributed by atoms with Crippen LogP contribution in [-0.2, 0) is 12.6 Å². The second-order valence-electron chi connectivity index (χ2n) is 5.87. The molecule has 0 spiro atoms. The summed E-state index contributed by atoms with van der Waals surface area (Å²) >= 11 is 0. The van der Waals surface area contributed by atoms with Crippen molar-refractivity contribution in [3.63, 3.8) is 0 Å². The molecule has 0 unspecified atom stereocenters. The second kappa shape index (κ2) is 5.01. The molecular formula is C14H21N5O. The predicted octanol–water partition coefficient (Wildman–Crippen LogP) is 1.55. The first kappa shape index (κ1) is 13.3. The Morgan fingerprint density at radius 1 is 1.25 bits per heavy atom. The largest absolute Gasteiger partial charge is 0.319 e. The van der Waals surface area contributed by atoms with Crippen molar-refractivity contribution >= 4 is 11.2 Å². The smallest absolute Gasteiger partial charge is 0.279 e. The molecule has 0 aliphatic heterocycles. The van der Waals surface area contributed by atoms with E-state index in [4.69, 9.17) is 5.73 Å². The first-order chi connectivity index (χ1) is 9.60. The van der Waals surface area contributed by atoms with E-state index in [0.717, 1.165) is 25.7 Å². The highest BCUT2D eigenvalue weighted by atomic mass is 16.1. The summed E-state index contributed by atoms with van der Waals surface area (Å²) in [7, 11) is 1.84. The number of fused-ring (bicyclic) bond motifs is 1. The molecule has 3 rings (SSSR count). The fourth-order valence-electron chi connectivity index (χ4n) is 3.03. The van der Waals surface area contributed by atoms with Crippen LogP contribution < -0.4 is 11.3 Å². The van der Waals surface area contributed by atoms with Crippen LogP contribution in [0.25, 0.3) is 11.2 Å². The van der Waals surface area contributed by atoms with Crippen molar-refractivity contribution in [3.05, 3.63) is 22.5 Å². The summed E-state index contributed by atoms with van der Waals surface area (Å²) in [6.07, 6.45) is 9.22. The number of hydrogen-bond acceptors (Lipinski definition) is 4. The molecule has 3 N–H and O–H groups in total. The molecule has 2 aromatic heterocycles. The van der Waals surface area contributed by atoms with Gasteiger partial charge in [0.15, 0.2) is 11.2 Å². The van der Waals surface area contributed by atoms with Crippen molar-refractivity contribution in [2.24, 2.45) is 12.8 Å². The van der Waals surface area contributed by atoms with Crippen molar-refractivity contribution in [1.82, 2.24) is 19.5 Å². The lowest BCUT2D eigenvalue weighted by atomic mass is 9.84. The number of rotatable bonds is 1. The molecule has 1 aliphatic carbocycles. The highest BCUT2D eigenvalue weighted by Crippen LogP contribution is 2.30. The third-order valence-electron chi connectivity index (χ3n) is 4.29. The van der Waals surface area contributed by atoms with E-state index in [1.54, 1.807) is 10.9 Å². The van der Waals surface area contributed by atoms with Crippen LogP contribution in [0.4, 0.5) is 0 Å². The zero-order chi connectivity index (χ0) is 14.2. The Morgan fingerprint density at radius 3 is 2.60 bits per heavy atom. The van der Waals surface area contributed by atoms with Crippen LogP contribution in [0.1, 0.15) is 50.8 Å². The van der Waals surface area contributed by atoms with Gasteiger partial charge in [-0.25, -0.2) is 9.97 Å². The van der Waals surface area contributed by atoms with Gasteiger partial charge < -0.3 is 15.3 Å². The average Bonchev–Trinajstić information content (AvgIpc) is 2.77. The van der Waals surface area contributed by atoms with Crippen molar-refractivity contribution in [3.8, 4) is 0 Å². The van der Waals surface area contributed by atoms with Gasteiger partial charge >= 0.3 is 0 Å². The first-order valence-corrected chi connectivity index (χ1v) is 7.31. The molecule has 20 heavy (non-hydrogen) atoms. The van der Waals surface area contributed by atoms with Crippen LogP contribution in [0.5, 0.6) is 0 Å². The lowest BCUT2D eigenvalue weighted by Crippen LogP contribution is -2.40. The molecule has 1 aliphatic rings. The van der Waals surface area contributed by atoms with Gasteiger partial charge in [-0.15, -0.1) is 0 Å². The van der Waals surface area contributed by atoms with E-state index in [1.165, 1.54) is 19.3 Å². The molecule has 1 saturated carbocycles. The Kier molecular flexibility index (Phi) is 3.33. The minimum absolute atomic E-state index is 0.197. The maximum absolute atomic E-state index is 12.1. The van der Waals surface area contributed by atoms with Crippen LogP contribution in [0.2, 0.25) is 0 Å². The second-order valence-corrected chi connectivity index (χ2v) is 5.87. The van der Waals surface area contributed by atoms with Crippen molar-refractivity contribution in [1.29, 1.82) is 0 Å². The molecule has 0 bridgehead atoms. The molecule has 0 atom stereocenters. The Labute approximate surface area is 117 Å². The number of nitrogens with zero attached hydrogens (tertiary/aromatic N) is 3. The van der Waals surface area contributed by atoms with E-state index in [-0.39, 0.29) is 5.56 Å². The fraction of sp³-hybridized carbons (Fsp3) is 0.643. The molecular weight excluding hydrogens is 254 g/mol. The number of aryl methyl sites for hydroxylation is 1. The molecule has 0 radical (unpaired) electrons. The SMILES string of the molecule is Cn1cnc2c(=O)[nH]c(C3(N)CCCCCCC3)nc21. The van der Waals surface area contributed by atoms with E-state index >= 15 is 0 Å². The van der Waals surface area contributed by atoms with Gasteiger partial charge in [0.1, 0.15) is 5.82 Å². The third kappa shape index (κ3) is 2.24. The van der Waals surface area contributed by atoms with E-state index in [1.807, 2.05) is 7.05 Å². The zero-order valence-electron chi connectivity index (χ0n) is 11.9. The lowest BCUT2D eigenvalue weighted by Gasteiger charge is -2.30. The average molecular weight is 275 g/mol. The minimum atomic E-state index is -0.516. The monoisotopic (exact) mass is 275 g/mol. The molecule has 6 heteroatoms. The fourth-order valence-corrected chi connectivity index (χ4v) is 3.03. The summed E-state index contributed by atoms with van der Waals surface area (Å²) in [5.74, 6) is 0.612. The summed E-state index contributed by atoms with van der Waals surface area (Å²) in [5.41, 5.74) is 6.84. The Morgan fingerprint density at radius 2 is 1.90 bits per heavy atom. The zero-order valence-corrected chi connectivity index (χ0v) is 11.9. The molecule has 2 aromatic rings. The molecule has 2 heterocycles. The van der Waals surface area contributed by atoms with E-state index in [0.29, 0.717) is 17.0 Å². The molecule has 6 nitrogen and oxygen atoms in total. The van der Waals surface area contributed by atoms with Crippen LogP contribution in [0.3, 0.4) is 0 Å². The Bertz CT molecular complexity index is 664. The number of nitrogens with one attached hydrogen (secondary N) is 1. The topological polar surface area (TPSA) is 89.6 Å². The van der Waals surface area contributed by atoms with Crippen LogP contribution in [0, 0.1) is 0 Å². The van der Waals surface area contributed by atoms with Gasteiger partial charge in [0.05, 0.1) is 11.9 Å². The first-order valence-electron chi connectivity index (χ1n) is 7.31. The summed E-state index contributed by atoms with van der Waals surface area (Å²) in [6, 6.07) is 0. The Balaban J connectivity index is 2.07. The molecule has 0 saturated heterocycles. The van der Waals surface area contributed by atoms with Crippen LogP contribution >= 0.6 is 0 Å². The maximum Gasteiger partial charge on any atom is 0.279 e. The van der Waals surface area contributed by atoms with E-state index in [2.05, 4.69) is 15.0 Å². The molecule has 1 fully saturated rings. The van der Waals surface area contributed by atoms with Gasteiger partial charge in [0.25, 0.3) is 5.56 Å². The van der Waals surface area contributed by atoms with Gasteiger partial charge in [-0.2, -0.15) is 0 Å².